The van der Waals surface area contributed by atoms with Crippen LogP contribution >= 0.6 is 11.8 Å². The molecule has 20 heavy (non-hydrogen) atoms. The summed E-state index contributed by atoms with van der Waals surface area (Å²) >= 11 is 1.69. The third kappa shape index (κ3) is 3.82. The maximum absolute atomic E-state index is 5.97. The Morgan fingerprint density at radius 1 is 1.30 bits per heavy atom. The zero-order valence-electron chi connectivity index (χ0n) is 11.9. The molecule has 2 aromatic rings. The molecular formula is C14H19N3O2S. The van der Waals surface area contributed by atoms with E-state index in [1.54, 1.807) is 11.8 Å². The average Bonchev–Trinajstić information content (AvgIpc) is 2.94. The largest absolute Gasteiger partial charge is 0.377 e. The molecule has 0 saturated heterocycles. The summed E-state index contributed by atoms with van der Waals surface area (Å²) < 4.78 is 10.7. The molecule has 0 saturated carbocycles. The first-order chi connectivity index (χ1) is 9.60. The summed E-state index contributed by atoms with van der Waals surface area (Å²) in [6, 6.07) is 7.58. The fourth-order valence-corrected chi connectivity index (χ4v) is 2.02. The zero-order valence-corrected chi connectivity index (χ0v) is 12.7. The highest BCUT2D eigenvalue weighted by Gasteiger charge is 2.16. The van der Waals surface area contributed by atoms with Crippen molar-refractivity contribution < 1.29 is 9.26 Å². The second-order valence-electron chi connectivity index (χ2n) is 4.67. The molecule has 0 aliphatic heterocycles. The van der Waals surface area contributed by atoms with Gasteiger partial charge in [0.2, 0.25) is 0 Å². The lowest BCUT2D eigenvalue weighted by Gasteiger charge is -2.10. The number of hydrogen-bond acceptors (Lipinski definition) is 6. The predicted molar refractivity (Wildman–Crippen MR) is 79.5 cm³/mol. The molecule has 0 fully saturated rings. The number of hydrogen-bond donors (Lipinski definition) is 1. The topological polar surface area (TPSA) is 74.2 Å². The third-order valence-electron chi connectivity index (χ3n) is 2.72. The van der Waals surface area contributed by atoms with Crippen LogP contribution in [0.4, 0.5) is 0 Å². The van der Waals surface area contributed by atoms with Crippen molar-refractivity contribution in [3.05, 3.63) is 30.1 Å². The zero-order chi connectivity index (χ0) is 14.5. The Hall–Kier alpha value is -1.37. The summed E-state index contributed by atoms with van der Waals surface area (Å²) in [6.45, 7) is 4.30. The minimum Gasteiger partial charge on any atom is -0.377 e. The van der Waals surface area contributed by atoms with E-state index >= 15 is 0 Å². The molecule has 2 rings (SSSR count). The van der Waals surface area contributed by atoms with Gasteiger partial charge in [0.15, 0.2) is 5.82 Å². The van der Waals surface area contributed by atoms with Gasteiger partial charge in [-0.3, -0.25) is 0 Å². The van der Waals surface area contributed by atoms with E-state index in [2.05, 4.69) is 10.1 Å². The quantitative estimate of drug-likeness (QED) is 0.825. The Kier molecular flexibility index (Phi) is 5.17. The molecule has 1 aromatic carbocycles. The summed E-state index contributed by atoms with van der Waals surface area (Å²) in [7, 11) is 0. The molecule has 1 atom stereocenters. The molecule has 1 heterocycles. The van der Waals surface area contributed by atoms with Crippen molar-refractivity contribution in [2.24, 2.45) is 5.73 Å². The van der Waals surface area contributed by atoms with E-state index in [4.69, 9.17) is 15.0 Å². The number of benzene rings is 1. The minimum absolute atomic E-state index is 0.131. The number of aromatic nitrogens is 2. The van der Waals surface area contributed by atoms with Crippen LogP contribution in [0.15, 0.2) is 33.7 Å². The van der Waals surface area contributed by atoms with Crippen LogP contribution in [0.1, 0.15) is 25.7 Å². The first kappa shape index (κ1) is 15.0. The second kappa shape index (κ2) is 6.88. The number of rotatable bonds is 6. The molecule has 6 heteroatoms. The van der Waals surface area contributed by atoms with Gasteiger partial charge in [-0.15, -0.1) is 11.8 Å². The lowest BCUT2D eigenvalue weighted by Crippen LogP contribution is -2.20. The van der Waals surface area contributed by atoms with Crippen LogP contribution in [-0.2, 0) is 4.74 Å². The molecule has 0 aliphatic carbocycles. The van der Waals surface area contributed by atoms with E-state index in [0.717, 1.165) is 5.56 Å². The van der Waals surface area contributed by atoms with Crippen molar-refractivity contribution in [2.45, 2.75) is 30.9 Å². The highest BCUT2D eigenvalue weighted by molar-refractivity contribution is 7.98. The number of nitrogens with zero attached hydrogens (tertiary/aromatic N) is 2. The maximum Gasteiger partial charge on any atom is 0.257 e. The lowest BCUT2D eigenvalue weighted by atomic mass is 10.2. The van der Waals surface area contributed by atoms with Crippen LogP contribution in [0.25, 0.3) is 11.5 Å². The monoisotopic (exact) mass is 293 g/mol. The molecule has 5 nitrogen and oxygen atoms in total. The average molecular weight is 293 g/mol. The van der Waals surface area contributed by atoms with Gasteiger partial charge in [-0.1, -0.05) is 5.16 Å². The van der Waals surface area contributed by atoms with E-state index < -0.39 is 0 Å². The molecule has 0 bridgehead atoms. The molecular weight excluding hydrogens is 274 g/mol. The minimum atomic E-state index is -0.375. The molecule has 1 unspecified atom stereocenters. The predicted octanol–water partition coefficient (Wildman–Crippen LogP) is 2.88. The Morgan fingerprint density at radius 2 is 2.00 bits per heavy atom. The first-order valence-corrected chi connectivity index (χ1v) is 7.68. The van der Waals surface area contributed by atoms with Crippen LogP contribution in [0.5, 0.6) is 0 Å². The van der Waals surface area contributed by atoms with Crippen molar-refractivity contribution >= 4 is 11.8 Å². The molecule has 2 N–H and O–H groups in total. The fourth-order valence-electron chi connectivity index (χ4n) is 1.61. The third-order valence-corrected chi connectivity index (χ3v) is 3.46. The molecule has 0 aliphatic rings. The van der Waals surface area contributed by atoms with Crippen molar-refractivity contribution in [1.82, 2.24) is 10.1 Å². The van der Waals surface area contributed by atoms with Gasteiger partial charge in [0, 0.05) is 10.5 Å². The Balaban J connectivity index is 2.07. The van der Waals surface area contributed by atoms with Crippen molar-refractivity contribution in [1.29, 1.82) is 0 Å². The van der Waals surface area contributed by atoms with Gasteiger partial charge in [0.25, 0.3) is 5.89 Å². The summed E-state index contributed by atoms with van der Waals surface area (Å²) in [6.07, 6.45) is 2.17. The Morgan fingerprint density at radius 3 is 2.60 bits per heavy atom. The Bertz CT molecular complexity index is 540. The van der Waals surface area contributed by atoms with Crippen LogP contribution < -0.4 is 5.73 Å². The van der Waals surface area contributed by atoms with E-state index in [9.17, 15) is 0 Å². The molecule has 1 aromatic heterocycles. The van der Waals surface area contributed by atoms with Crippen molar-refractivity contribution in [2.75, 3.05) is 12.9 Å². The highest BCUT2D eigenvalue weighted by atomic mass is 32.2. The standard InChI is InChI=1S/C14H19N3O2S/c1-9(2)18-8-12(15)13-16-14(19-17-13)10-4-6-11(20-3)7-5-10/h4-7,9,12H,8,15H2,1-3H3. The van der Waals surface area contributed by atoms with E-state index in [1.807, 2.05) is 44.4 Å². The van der Waals surface area contributed by atoms with Gasteiger partial charge in [-0.25, -0.2) is 0 Å². The highest BCUT2D eigenvalue weighted by Crippen LogP contribution is 2.22. The number of ether oxygens (including phenoxy) is 1. The molecule has 0 spiro atoms. The normalized spacial score (nSPS) is 12.8. The van der Waals surface area contributed by atoms with Crippen LogP contribution in [0, 0.1) is 0 Å². The maximum atomic E-state index is 5.97. The van der Waals surface area contributed by atoms with Crippen molar-refractivity contribution in [3.63, 3.8) is 0 Å². The van der Waals surface area contributed by atoms with E-state index in [-0.39, 0.29) is 12.1 Å². The Labute approximate surface area is 122 Å². The summed E-state index contributed by atoms with van der Waals surface area (Å²) in [5.74, 6) is 0.947. The van der Waals surface area contributed by atoms with Crippen LogP contribution in [0.3, 0.4) is 0 Å². The summed E-state index contributed by atoms with van der Waals surface area (Å²) in [5.41, 5.74) is 6.85. The summed E-state index contributed by atoms with van der Waals surface area (Å²) in [4.78, 5) is 5.51. The molecule has 0 radical (unpaired) electrons. The van der Waals surface area contributed by atoms with E-state index in [1.165, 1.54) is 4.90 Å². The van der Waals surface area contributed by atoms with Crippen molar-refractivity contribution in [3.8, 4) is 11.5 Å². The fraction of sp³-hybridized carbons (Fsp3) is 0.429. The lowest BCUT2D eigenvalue weighted by molar-refractivity contribution is 0.0665. The van der Waals surface area contributed by atoms with Gasteiger partial charge < -0.3 is 15.0 Å². The number of nitrogens with two attached hydrogens (primary N) is 1. The van der Waals surface area contributed by atoms with Gasteiger partial charge in [-0.05, 0) is 44.4 Å². The first-order valence-electron chi connectivity index (χ1n) is 6.45. The van der Waals surface area contributed by atoms with Gasteiger partial charge in [0.1, 0.15) is 0 Å². The SMILES string of the molecule is CSc1ccc(-c2nc(C(N)COC(C)C)no2)cc1. The van der Waals surface area contributed by atoms with Gasteiger partial charge in [-0.2, -0.15) is 4.98 Å². The molecule has 0 amide bonds. The summed E-state index contributed by atoms with van der Waals surface area (Å²) in [5, 5.41) is 3.92. The smallest absolute Gasteiger partial charge is 0.257 e. The van der Waals surface area contributed by atoms with Gasteiger partial charge in [0.05, 0.1) is 18.8 Å². The second-order valence-corrected chi connectivity index (χ2v) is 5.55. The number of thioether (sulfide) groups is 1. The van der Waals surface area contributed by atoms with E-state index in [0.29, 0.717) is 18.3 Å². The van der Waals surface area contributed by atoms with Crippen LogP contribution in [0.2, 0.25) is 0 Å². The van der Waals surface area contributed by atoms with Gasteiger partial charge >= 0.3 is 0 Å². The molecule has 108 valence electrons. The van der Waals surface area contributed by atoms with Crippen LogP contribution in [-0.4, -0.2) is 29.1 Å².